The highest BCUT2D eigenvalue weighted by molar-refractivity contribution is 9.11. The highest BCUT2D eigenvalue weighted by Gasteiger charge is 2.47. The Morgan fingerprint density at radius 3 is 2.31 bits per heavy atom. The van der Waals surface area contributed by atoms with E-state index in [2.05, 4.69) is 26.2 Å². The van der Waals surface area contributed by atoms with Gasteiger partial charge in [-0.1, -0.05) is 15.9 Å². The lowest BCUT2D eigenvalue weighted by molar-refractivity contribution is -0.137. The van der Waals surface area contributed by atoms with Crippen LogP contribution in [-0.2, 0) is 0 Å². The Hall–Kier alpha value is -0.390. The second kappa shape index (κ2) is 2.80. The molecule has 0 amide bonds. The molecule has 0 aromatic carbocycles. The quantitative estimate of drug-likeness (QED) is 0.686. The fourth-order valence-corrected chi connectivity index (χ4v) is 1.96. The molecule has 2 aliphatic rings. The van der Waals surface area contributed by atoms with E-state index in [4.69, 9.17) is 0 Å². The molecule has 1 fully saturated rings. The fraction of sp³-hybridized carbons (Fsp3) is 0.714. The Morgan fingerprint density at radius 1 is 1.31 bits per heavy atom. The first-order valence-electron chi connectivity index (χ1n) is 3.87. The maximum atomic E-state index is 12.3. The minimum atomic E-state index is -4.32. The third kappa shape index (κ3) is 1.63. The van der Waals surface area contributed by atoms with Crippen LogP contribution in [0.3, 0.4) is 0 Å². The van der Waals surface area contributed by atoms with Crippen LogP contribution in [-0.4, -0.2) is 12.2 Å². The average Bonchev–Trinajstić information content (AvgIpc) is 2.73. The topological polar surface area (TPSA) is 24.7 Å². The van der Waals surface area contributed by atoms with Gasteiger partial charge in [0.25, 0.3) is 0 Å². The van der Waals surface area contributed by atoms with Crippen molar-refractivity contribution in [2.75, 3.05) is 0 Å². The molecule has 0 saturated heterocycles. The van der Waals surface area contributed by atoms with E-state index in [1.165, 1.54) is 0 Å². The van der Waals surface area contributed by atoms with Crippen molar-refractivity contribution in [1.29, 1.82) is 0 Å². The summed E-state index contributed by atoms with van der Waals surface area (Å²) >= 11 is 2.92. The maximum Gasteiger partial charge on any atom is 0.417 e. The van der Waals surface area contributed by atoms with Gasteiger partial charge in [-0.3, -0.25) is 0 Å². The largest absolute Gasteiger partial charge is 0.417 e. The van der Waals surface area contributed by atoms with E-state index in [1.54, 1.807) is 0 Å². The van der Waals surface area contributed by atoms with Crippen molar-refractivity contribution in [1.82, 2.24) is 0 Å². The molecule has 0 unspecified atom stereocenters. The predicted octanol–water partition coefficient (Wildman–Crippen LogP) is 3.40. The third-order valence-corrected chi connectivity index (χ3v) is 2.88. The third-order valence-electron chi connectivity index (χ3n) is 2.04. The summed E-state index contributed by atoms with van der Waals surface area (Å²) in [6, 6.07) is -1.76. The zero-order valence-electron chi connectivity index (χ0n) is 6.48. The van der Waals surface area contributed by atoms with Gasteiger partial charge < -0.3 is 0 Å². The molecule has 1 heterocycles. The molecule has 0 N–H and O–H groups in total. The Bertz CT molecular complexity index is 291. The van der Waals surface area contributed by atoms with Crippen LogP contribution in [0, 0.1) is 5.92 Å². The molecule has 0 spiro atoms. The van der Waals surface area contributed by atoms with Crippen LogP contribution in [0.5, 0.6) is 0 Å². The number of nitrogens with zero attached hydrogens (tertiary/aromatic N) is 2. The number of hydrogen-bond acceptors (Lipinski definition) is 2. The second-order valence-electron chi connectivity index (χ2n) is 3.17. The molecule has 0 aromatic rings. The summed E-state index contributed by atoms with van der Waals surface area (Å²) < 4.78 is 36.9. The number of azo groups is 1. The molecule has 6 heteroatoms. The van der Waals surface area contributed by atoms with Gasteiger partial charge >= 0.3 is 6.18 Å². The molecule has 1 aliphatic heterocycles. The van der Waals surface area contributed by atoms with Crippen molar-refractivity contribution in [3.8, 4) is 0 Å². The van der Waals surface area contributed by atoms with Crippen molar-refractivity contribution >= 4 is 15.9 Å². The van der Waals surface area contributed by atoms with E-state index < -0.39 is 12.2 Å². The van der Waals surface area contributed by atoms with Crippen LogP contribution in [0.25, 0.3) is 0 Å². The van der Waals surface area contributed by atoms with Crippen molar-refractivity contribution in [3.63, 3.8) is 0 Å². The van der Waals surface area contributed by atoms with Gasteiger partial charge in [0.1, 0.15) is 0 Å². The lowest BCUT2D eigenvalue weighted by atomic mass is 10.2. The number of alkyl halides is 3. The summed E-state index contributed by atoms with van der Waals surface area (Å²) in [5, 5.41) is 6.77. The van der Waals surface area contributed by atoms with Crippen molar-refractivity contribution < 1.29 is 13.2 Å². The minimum Gasteiger partial charge on any atom is -0.170 e. The lowest BCUT2D eigenvalue weighted by Crippen LogP contribution is -2.25. The average molecular weight is 255 g/mol. The molecule has 72 valence electrons. The molecule has 0 bridgehead atoms. The molecule has 2 rings (SSSR count). The molecule has 1 saturated carbocycles. The van der Waals surface area contributed by atoms with Crippen LogP contribution in [0.15, 0.2) is 20.4 Å². The van der Waals surface area contributed by atoms with Gasteiger partial charge in [0.2, 0.25) is 0 Å². The van der Waals surface area contributed by atoms with E-state index >= 15 is 0 Å². The molecular formula is C7H6BrF3N2. The van der Waals surface area contributed by atoms with Crippen LogP contribution in [0.1, 0.15) is 12.8 Å². The zero-order chi connectivity index (χ0) is 9.64. The summed E-state index contributed by atoms with van der Waals surface area (Å²) in [6.45, 7) is 0. The molecular weight excluding hydrogens is 249 g/mol. The van der Waals surface area contributed by atoms with Crippen molar-refractivity contribution in [3.05, 3.63) is 10.2 Å². The summed E-state index contributed by atoms with van der Waals surface area (Å²) in [5.41, 5.74) is 0.488. The van der Waals surface area contributed by atoms with Gasteiger partial charge in [-0.05, 0) is 12.8 Å². The smallest absolute Gasteiger partial charge is 0.170 e. The summed E-state index contributed by atoms with van der Waals surface area (Å²) in [6.07, 6.45) is -2.47. The first kappa shape index (κ1) is 9.18. The number of allylic oxidation sites excluding steroid dienone is 1. The van der Waals surface area contributed by atoms with E-state index in [9.17, 15) is 13.2 Å². The maximum absolute atomic E-state index is 12.3. The number of rotatable bonds is 1. The van der Waals surface area contributed by atoms with E-state index in [1.807, 2.05) is 0 Å². The van der Waals surface area contributed by atoms with Crippen LogP contribution in [0.2, 0.25) is 0 Å². The van der Waals surface area contributed by atoms with Gasteiger partial charge in [0.05, 0.1) is 10.2 Å². The summed E-state index contributed by atoms with van der Waals surface area (Å²) in [7, 11) is 0. The molecule has 0 radical (unpaired) electrons. The van der Waals surface area contributed by atoms with Crippen LogP contribution < -0.4 is 0 Å². The number of hydrogen-bond donors (Lipinski definition) is 0. The molecule has 13 heavy (non-hydrogen) atoms. The second-order valence-corrected chi connectivity index (χ2v) is 4.02. The summed E-state index contributed by atoms with van der Waals surface area (Å²) in [4.78, 5) is 0. The molecule has 2 nitrogen and oxygen atoms in total. The Kier molecular flexibility index (Phi) is 1.98. The number of halogens is 4. The molecule has 0 aromatic heterocycles. The van der Waals surface area contributed by atoms with Gasteiger partial charge in [-0.15, -0.1) is 0 Å². The Labute approximate surface area is 81.0 Å². The monoisotopic (exact) mass is 254 g/mol. The standard InChI is InChI=1S/C7H6BrF3N2/c8-4-5(3-1-2-3)12-13-6(4)7(9,10)11/h3,6H,1-2H2/t6-/m0/s1. The highest BCUT2D eigenvalue weighted by atomic mass is 79.9. The van der Waals surface area contributed by atoms with E-state index in [0.717, 1.165) is 12.8 Å². The highest BCUT2D eigenvalue weighted by Crippen LogP contribution is 2.46. The van der Waals surface area contributed by atoms with Gasteiger partial charge in [0, 0.05) is 5.92 Å². The summed E-state index contributed by atoms with van der Waals surface area (Å²) in [5.74, 6) is 0.200. The van der Waals surface area contributed by atoms with E-state index in [-0.39, 0.29) is 10.4 Å². The fourth-order valence-electron chi connectivity index (χ4n) is 1.20. The van der Waals surface area contributed by atoms with Crippen LogP contribution in [0.4, 0.5) is 13.2 Å². The van der Waals surface area contributed by atoms with Gasteiger partial charge in [-0.25, -0.2) is 0 Å². The first-order chi connectivity index (χ1) is 6.00. The van der Waals surface area contributed by atoms with Gasteiger partial charge in [0.15, 0.2) is 6.04 Å². The van der Waals surface area contributed by atoms with Gasteiger partial charge in [-0.2, -0.15) is 23.4 Å². The first-order valence-corrected chi connectivity index (χ1v) is 4.66. The molecule has 1 atom stereocenters. The minimum absolute atomic E-state index is 0.0995. The Morgan fingerprint density at radius 2 is 1.92 bits per heavy atom. The van der Waals surface area contributed by atoms with Crippen molar-refractivity contribution in [2.45, 2.75) is 25.1 Å². The Balaban J connectivity index is 2.23. The van der Waals surface area contributed by atoms with Crippen molar-refractivity contribution in [2.24, 2.45) is 16.1 Å². The zero-order valence-corrected chi connectivity index (χ0v) is 8.06. The molecule has 1 aliphatic carbocycles. The normalized spacial score (nSPS) is 28.8. The predicted molar refractivity (Wildman–Crippen MR) is 43.4 cm³/mol. The van der Waals surface area contributed by atoms with Crippen LogP contribution >= 0.6 is 15.9 Å². The van der Waals surface area contributed by atoms with E-state index in [0.29, 0.717) is 5.70 Å². The SMILES string of the molecule is FC(F)(F)[C@H]1N=NC(C2CC2)=C1Br. The lowest BCUT2D eigenvalue weighted by Gasteiger charge is -2.10.